The van der Waals surface area contributed by atoms with Gasteiger partial charge in [0, 0.05) is 17.7 Å². The summed E-state index contributed by atoms with van der Waals surface area (Å²) in [6.45, 7) is 0. The third kappa shape index (κ3) is 2.29. The molecule has 0 unspecified atom stereocenters. The molecule has 0 fully saturated rings. The molecule has 3 rings (SSSR count). The Labute approximate surface area is 125 Å². The molecule has 0 aromatic heterocycles. The Balaban J connectivity index is 1.99. The number of benzene rings is 2. The van der Waals surface area contributed by atoms with Gasteiger partial charge in [0.15, 0.2) is 5.78 Å². The Morgan fingerprint density at radius 3 is 2.32 bits per heavy atom. The van der Waals surface area contributed by atoms with E-state index in [9.17, 15) is 14.4 Å². The Kier molecular flexibility index (Phi) is 3.31. The summed E-state index contributed by atoms with van der Waals surface area (Å²) in [5, 5.41) is 11.1. The summed E-state index contributed by atoms with van der Waals surface area (Å²) in [5.74, 6) is -1.96. The quantitative estimate of drug-likeness (QED) is 0.727. The van der Waals surface area contributed by atoms with E-state index in [1.807, 2.05) is 18.2 Å². The van der Waals surface area contributed by atoms with Crippen LogP contribution in [0, 0.1) is 0 Å². The molecule has 2 aromatic carbocycles. The number of carboxylic acid groups (broad SMARTS) is 1. The molecule has 0 atom stereocenters. The molecule has 2 aromatic rings. The molecule has 1 aliphatic carbocycles. The second kappa shape index (κ2) is 5.29. The average Bonchev–Trinajstić information content (AvgIpc) is 2.80. The molecule has 0 aliphatic heterocycles. The number of ketones is 1. The smallest absolute Gasteiger partial charge is 0.328 e. The van der Waals surface area contributed by atoms with Crippen LogP contribution in [0.15, 0.2) is 54.6 Å². The summed E-state index contributed by atoms with van der Waals surface area (Å²) < 4.78 is 0. The largest absolute Gasteiger partial charge is 0.478 e. The lowest BCUT2D eigenvalue weighted by Gasteiger charge is -2.07. The summed E-state index contributed by atoms with van der Waals surface area (Å²) >= 11 is 0. The normalized spacial score (nSPS) is 12.1. The molecule has 0 bridgehead atoms. The summed E-state index contributed by atoms with van der Waals surface area (Å²) in [7, 11) is 0. The highest BCUT2D eigenvalue weighted by atomic mass is 16.4. The summed E-state index contributed by atoms with van der Waals surface area (Å²) in [4.78, 5) is 34.6. The van der Waals surface area contributed by atoms with E-state index >= 15 is 0 Å². The number of fused-ring (bicyclic) bond motifs is 3. The van der Waals surface area contributed by atoms with E-state index in [0.717, 1.165) is 23.3 Å². The predicted octanol–water partition coefficient (Wildman–Crippen LogP) is 2.48. The van der Waals surface area contributed by atoms with Gasteiger partial charge in [-0.25, -0.2) is 4.79 Å². The zero-order valence-corrected chi connectivity index (χ0v) is 11.4. The van der Waals surface area contributed by atoms with Crippen LogP contribution < -0.4 is 5.32 Å². The highest BCUT2D eigenvalue weighted by Crippen LogP contribution is 2.39. The Bertz CT molecular complexity index is 836. The van der Waals surface area contributed by atoms with Gasteiger partial charge in [-0.05, 0) is 17.2 Å². The maximum atomic E-state index is 12.5. The fourth-order valence-corrected chi connectivity index (χ4v) is 2.50. The fraction of sp³-hybridized carbons (Fsp3) is 0. The highest BCUT2D eigenvalue weighted by molar-refractivity contribution is 6.25. The van der Waals surface area contributed by atoms with Crippen molar-refractivity contribution in [2.24, 2.45) is 0 Å². The van der Waals surface area contributed by atoms with Gasteiger partial charge in [0.25, 0.3) is 0 Å². The number of nitrogens with one attached hydrogen (secondary N) is 1. The lowest BCUT2D eigenvalue weighted by molar-refractivity contribution is -0.131. The summed E-state index contributed by atoms with van der Waals surface area (Å²) in [5.41, 5.74) is 3.00. The minimum absolute atomic E-state index is 0.149. The summed E-state index contributed by atoms with van der Waals surface area (Å²) in [6.07, 6.45) is 1.66. The van der Waals surface area contributed by atoms with Crippen LogP contribution in [0.1, 0.15) is 15.9 Å². The highest BCUT2D eigenvalue weighted by Gasteiger charge is 2.28. The first-order chi connectivity index (χ1) is 10.6. The first-order valence-corrected chi connectivity index (χ1v) is 6.57. The lowest BCUT2D eigenvalue weighted by atomic mass is 10.0. The molecule has 0 spiro atoms. The maximum Gasteiger partial charge on any atom is 0.328 e. The standard InChI is InChI=1S/C17H11NO4/c19-14(8-9-15(20)21)18-13-7-3-6-11-10-4-1-2-5-12(10)17(22)16(11)13/h1-9H,(H,18,19)(H,20,21). The zero-order chi connectivity index (χ0) is 15.7. The average molecular weight is 293 g/mol. The van der Waals surface area contributed by atoms with Gasteiger partial charge in [0.1, 0.15) is 0 Å². The Morgan fingerprint density at radius 2 is 1.59 bits per heavy atom. The molecule has 2 N–H and O–H groups in total. The van der Waals surface area contributed by atoms with Gasteiger partial charge in [-0.15, -0.1) is 0 Å². The van der Waals surface area contributed by atoms with Crippen LogP contribution in [0.25, 0.3) is 11.1 Å². The van der Waals surface area contributed by atoms with Gasteiger partial charge >= 0.3 is 5.97 Å². The first kappa shape index (κ1) is 13.8. The van der Waals surface area contributed by atoms with Crippen molar-refractivity contribution in [2.75, 3.05) is 5.32 Å². The van der Waals surface area contributed by atoms with Crippen LogP contribution in [0.3, 0.4) is 0 Å². The molecule has 22 heavy (non-hydrogen) atoms. The van der Waals surface area contributed by atoms with Crippen molar-refractivity contribution < 1.29 is 19.5 Å². The van der Waals surface area contributed by atoms with E-state index in [0.29, 0.717) is 16.8 Å². The molecule has 1 amide bonds. The number of anilines is 1. The minimum atomic E-state index is -1.21. The number of hydrogen-bond donors (Lipinski definition) is 2. The maximum absolute atomic E-state index is 12.5. The number of carboxylic acids is 1. The van der Waals surface area contributed by atoms with Gasteiger partial charge in [0.05, 0.1) is 11.3 Å². The van der Waals surface area contributed by atoms with Gasteiger partial charge in [-0.1, -0.05) is 36.4 Å². The van der Waals surface area contributed by atoms with Crippen molar-refractivity contribution in [3.63, 3.8) is 0 Å². The fourth-order valence-electron chi connectivity index (χ4n) is 2.50. The van der Waals surface area contributed by atoms with Gasteiger partial charge in [-0.2, -0.15) is 0 Å². The molecule has 1 aliphatic rings. The molecule has 0 heterocycles. The zero-order valence-electron chi connectivity index (χ0n) is 11.4. The van der Waals surface area contributed by atoms with Crippen LogP contribution in [0.5, 0.6) is 0 Å². The van der Waals surface area contributed by atoms with Crippen molar-refractivity contribution in [3.8, 4) is 11.1 Å². The molecule has 108 valence electrons. The number of aliphatic carboxylic acids is 1. The number of carbonyl (C=O) groups excluding carboxylic acids is 2. The predicted molar refractivity (Wildman–Crippen MR) is 80.7 cm³/mol. The molecule has 5 heteroatoms. The molecular formula is C17H11NO4. The number of rotatable bonds is 3. The second-order valence-electron chi connectivity index (χ2n) is 4.76. The Morgan fingerprint density at radius 1 is 0.909 bits per heavy atom. The molecule has 0 saturated carbocycles. The monoisotopic (exact) mass is 293 g/mol. The van der Waals surface area contributed by atoms with Crippen molar-refractivity contribution in [3.05, 3.63) is 65.7 Å². The third-order valence-electron chi connectivity index (χ3n) is 3.39. The van der Waals surface area contributed by atoms with Gasteiger partial charge in [-0.3, -0.25) is 9.59 Å². The first-order valence-electron chi connectivity index (χ1n) is 6.57. The van der Waals surface area contributed by atoms with E-state index in [-0.39, 0.29) is 5.78 Å². The topological polar surface area (TPSA) is 83.5 Å². The van der Waals surface area contributed by atoms with E-state index < -0.39 is 11.9 Å². The van der Waals surface area contributed by atoms with Crippen LogP contribution in [0.4, 0.5) is 5.69 Å². The molecule has 5 nitrogen and oxygen atoms in total. The minimum Gasteiger partial charge on any atom is -0.478 e. The van der Waals surface area contributed by atoms with Crippen LogP contribution in [0.2, 0.25) is 0 Å². The SMILES string of the molecule is O=C(O)C=CC(=O)Nc1cccc2c1C(=O)c1ccccc1-2. The van der Waals surface area contributed by atoms with Crippen LogP contribution >= 0.6 is 0 Å². The summed E-state index contributed by atoms with van der Waals surface area (Å²) in [6, 6.07) is 12.4. The molecule has 0 saturated heterocycles. The van der Waals surface area contributed by atoms with Crippen LogP contribution in [-0.2, 0) is 9.59 Å². The van der Waals surface area contributed by atoms with Crippen molar-refractivity contribution in [2.45, 2.75) is 0 Å². The van der Waals surface area contributed by atoms with Crippen molar-refractivity contribution >= 4 is 23.3 Å². The van der Waals surface area contributed by atoms with E-state index in [4.69, 9.17) is 5.11 Å². The van der Waals surface area contributed by atoms with Crippen LogP contribution in [-0.4, -0.2) is 22.8 Å². The van der Waals surface area contributed by atoms with Crippen molar-refractivity contribution in [1.29, 1.82) is 0 Å². The number of hydrogen-bond acceptors (Lipinski definition) is 3. The molecular weight excluding hydrogens is 282 g/mol. The molecule has 0 radical (unpaired) electrons. The van der Waals surface area contributed by atoms with Crippen molar-refractivity contribution in [1.82, 2.24) is 0 Å². The van der Waals surface area contributed by atoms with Gasteiger partial charge in [0.2, 0.25) is 5.91 Å². The lowest BCUT2D eigenvalue weighted by Crippen LogP contribution is -2.12. The van der Waals surface area contributed by atoms with E-state index in [1.54, 1.807) is 24.3 Å². The third-order valence-corrected chi connectivity index (χ3v) is 3.39. The Hall–Kier alpha value is -3.21. The number of amides is 1. The van der Waals surface area contributed by atoms with Gasteiger partial charge < -0.3 is 10.4 Å². The van der Waals surface area contributed by atoms with E-state index in [2.05, 4.69) is 5.32 Å². The second-order valence-corrected chi connectivity index (χ2v) is 4.76. The van der Waals surface area contributed by atoms with E-state index in [1.165, 1.54) is 0 Å². The number of carbonyl (C=O) groups is 3.